The highest BCUT2D eigenvalue weighted by Gasteiger charge is 2.23. The smallest absolute Gasteiger partial charge is 0.328 e. The van der Waals surface area contributed by atoms with E-state index >= 15 is 0 Å². The molecule has 1 aromatic heterocycles. The van der Waals surface area contributed by atoms with Gasteiger partial charge in [0.1, 0.15) is 11.9 Å². The van der Waals surface area contributed by atoms with E-state index in [1.807, 2.05) is 31.2 Å². The number of fused-ring (bicyclic) bond motifs is 1. The number of nitrogens with zero attached hydrogens (tertiary/aromatic N) is 2. The minimum Gasteiger partial charge on any atom is -0.467 e. The first-order valence-corrected chi connectivity index (χ1v) is 8.89. The third kappa shape index (κ3) is 3.43. The van der Waals surface area contributed by atoms with Crippen molar-refractivity contribution in [2.24, 2.45) is 4.99 Å². The van der Waals surface area contributed by atoms with E-state index < -0.39 is 23.7 Å². The van der Waals surface area contributed by atoms with Crippen LogP contribution in [-0.4, -0.2) is 23.6 Å². The molecular weight excluding hydrogens is 355 g/mol. The average molecular weight is 372 g/mol. The molecule has 7 heteroatoms. The molecule has 5 nitrogen and oxygen atoms in total. The zero-order chi connectivity index (χ0) is 18.7. The standard InChI is InChI=1S/C19H17FN2O3S/c1-3-14(18(24)25-2)22-15-9-4-5-10-16(15)26-19(22)21-17(23)12-7-6-8-13(20)11-12/h4-11,14H,3H2,1-2H3. The summed E-state index contributed by atoms with van der Waals surface area (Å²) in [5.74, 6) is -1.48. The van der Waals surface area contributed by atoms with Crippen LogP contribution in [0.2, 0.25) is 0 Å². The van der Waals surface area contributed by atoms with E-state index in [-0.39, 0.29) is 5.56 Å². The van der Waals surface area contributed by atoms with Gasteiger partial charge in [0.2, 0.25) is 0 Å². The van der Waals surface area contributed by atoms with Crippen molar-refractivity contribution in [2.75, 3.05) is 7.11 Å². The largest absolute Gasteiger partial charge is 0.467 e. The quantitative estimate of drug-likeness (QED) is 0.656. The van der Waals surface area contributed by atoms with Crippen LogP contribution in [0, 0.1) is 5.82 Å². The molecule has 0 saturated carbocycles. The van der Waals surface area contributed by atoms with Gasteiger partial charge >= 0.3 is 5.97 Å². The van der Waals surface area contributed by atoms with Gasteiger partial charge in [-0.15, -0.1) is 0 Å². The van der Waals surface area contributed by atoms with Crippen molar-refractivity contribution in [3.63, 3.8) is 0 Å². The molecular formula is C19H17FN2O3S. The van der Waals surface area contributed by atoms with Gasteiger partial charge in [0, 0.05) is 5.56 Å². The maximum atomic E-state index is 13.4. The lowest BCUT2D eigenvalue weighted by atomic mass is 10.2. The molecule has 134 valence electrons. The fraction of sp³-hybridized carbons (Fsp3) is 0.211. The highest BCUT2D eigenvalue weighted by atomic mass is 32.1. The molecule has 2 aromatic carbocycles. The third-order valence-electron chi connectivity index (χ3n) is 3.97. The summed E-state index contributed by atoms with van der Waals surface area (Å²) in [6.07, 6.45) is 0.481. The average Bonchev–Trinajstić information content (AvgIpc) is 3.00. The molecule has 0 saturated heterocycles. The second-order valence-electron chi connectivity index (χ2n) is 5.60. The van der Waals surface area contributed by atoms with Gasteiger partial charge in [-0.05, 0) is 36.8 Å². The van der Waals surface area contributed by atoms with Crippen LogP contribution < -0.4 is 4.80 Å². The number of esters is 1. The maximum absolute atomic E-state index is 13.4. The van der Waals surface area contributed by atoms with Crippen LogP contribution in [0.4, 0.5) is 4.39 Å². The summed E-state index contributed by atoms with van der Waals surface area (Å²) in [5, 5.41) is 0. The second-order valence-corrected chi connectivity index (χ2v) is 6.61. The number of benzene rings is 2. The number of thiazole rings is 1. The molecule has 0 fully saturated rings. The van der Waals surface area contributed by atoms with E-state index in [1.165, 1.54) is 36.6 Å². The Morgan fingerprint density at radius 1 is 1.23 bits per heavy atom. The first-order chi connectivity index (χ1) is 12.5. The molecule has 0 aliphatic carbocycles. The van der Waals surface area contributed by atoms with E-state index in [1.54, 1.807) is 4.57 Å². The highest BCUT2D eigenvalue weighted by molar-refractivity contribution is 7.16. The molecule has 0 N–H and O–H groups in total. The third-order valence-corrected chi connectivity index (χ3v) is 5.01. The molecule has 0 radical (unpaired) electrons. The van der Waals surface area contributed by atoms with Gasteiger partial charge in [-0.2, -0.15) is 4.99 Å². The molecule has 3 rings (SSSR count). The summed E-state index contributed by atoms with van der Waals surface area (Å²) >= 11 is 1.30. The molecule has 0 spiro atoms. The van der Waals surface area contributed by atoms with Crippen molar-refractivity contribution in [2.45, 2.75) is 19.4 Å². The van der Waals surface area contributed by atoms with Gasteiger partial charge < -0.3 is 9.30 Å². The van der Waals surface area contributed by atoms with Crippen LogP contribution in [0.15, 0.2) is 53.5 Å². The summed E-state index contributed by atoms with van der Waals surface area (Å²) in [5.41, 5.74) is 0.945. The van der Waals surface area contributed by atoms with Gasteiger partial charge in [-0.3, -0.25) is 4.79 Å². The van der Waals surface area contributed by atoms with Gasteiger partial charge in [0.25, 0.3) is 5.91 Å². The lowest BCUT2D eigenvalue weighted by Crippen LogP contribution is -2.28. The van der Waals surface area contributed by atoms with Crippen molar-refractivity contribution in [3.8, 4) is 0 Å². The van der Waals surface area contributed by atoms with Gasteiger partial charge in [0.05, 0.1) is 17.3 Å². The van der Waals surface area contributed by atoms with Crippen LogP contribution in [0.1, 0.15) is 29.7 Å². The number of aromatic nitrogens is 1. The highest BCUT2D eigenvalue weighted by Crippen LogP contribution is 2.23. The van der Waals surface area contributed by atoms with E-state index in [4.69, 9.17) is 4.74 Å². The number of hydrogen-bond acceptors (Lipinski definition) is 4. The number of hydrogen-bond donors (Lipinski definition) is 0. The summed E-state index contributed by atoms with van der Waals surface area (Å²) in [7, 11) is 1.33. The molecule has 0 aliphatic heterocycles. The van der Waals surface area contributed by atoms with Crippen LogP contribution in [0.5, 0.6) is 0 Å². The molecule has 0 aliphatic rings. The summed E-state index contributed by atoms with van der Waals surface area (Å²) in [6, 6.07) is 12.3. The molecule has 1 heterocycles. The molecule has 3 aromatic rings. The minimum absolute atomic E-state index is 0.153. The van der Waals surface area contributed by atoms with Crippen LogP contribution in [0.25, 0.3) is 10.2 Å². The Bertz CT molecular complexity index is 1040. The van der Waals surface area contributed by atoms with E-state index in [2.05, 4.69) is 4.99 Å². The normalized spacial score (nSPS) is 13.0. The van der Waals surface area contributed by atoms with E-state index in [0.29, 0.717) is 11.2 Å². The van der Waals surface area contributed by atoms with Crippen molar-refractivity contribution < 1.29 is 18.7 Å². The Morgan fingerprint density at radius 2 is 2.00 bits per heavy atom. The van der Waals surface area contributed by atoms with E-state index in [0.717, 1.165) is 16.3 Å². The second kappa shape index (κ2) is 7.61. The maximum Gasteiger partial charge on any atom is 0.328 e. The predicted molar refractivity (Wildman–Crippen MR) is 97.5 cm³/mol. The Kier molecular flexibility index (Phi) is 5.27. The minimum atomic E-state index is -0.602. The molecule has 1 atom stereocenters. The number of rotatable bonds is 4. The first kappa shape index (κ1) is 18.0. The van der Waals surface area contributed by atoms with Gasteiger partial charge in [0.15, 0.2) is 4.80 Å². The molecule has 26 heavy (non-hydrogen) atoms. The summed E-state index contributed by atoms with van der Waals surface area (Å²) in [6.45, 7) is 1.86. The van der Waals surface area contributed by atoms with Crippen molar-refractivity contribution in [1.29, 1.82) is 0 Å². The number of carbonyl (C=O) groups excluding carboxylic acids is 2. The van der Waals surface area contributed by atoms with Crippen molar-refractivity contribution in [3.05, 3.63) is 64.7 Å². The SMILES string of the molecule is CCC(C(=O)OC)n1c(=NC(=O)c2cccc(F)c2)sc2ccccc21. The zero-order valence-corrected chi connectivity index (χ0v) is 15.1. The Hall–Kier alpha value is -2.80. The lowest BCUT2D eigenvalue weighted by molar-refractivity contribution is -0.144. The number of carbonyl (C=O) groups is 2. The fourth-order valence-corrected chi connectivity index (χ4v) is 3.80. The molecule has 1 unspecified atom stereocenters. The van der Waals surface area contributed by atoms with Crippen LogP contribution >= 0.6 is 11.3 Å². The summed E-state index contributed by atoms with van der Waals surface area (Å²) < 4.78 is 20.9. The molecule has 1 amide bonds. The van der Waals surface area contributed by atoms with Crippen LogP contribution in [0.3, 0.4) is 0 Å². The number of halogens is 1. The lowest BCUT2D eigenvalue weighted by Gasteiger charge is -2.15. The topological polar surface area (TPSA) is 60.7 Å². The Morgan fingerprint density at radius 3 is 2.69 bits per heavy atom. The van der Waals surface area contributed by atoms with E-state index in [9.17, 15) is 14.0 Å². The van der Waals surface area contributed by atoms with Crippen molar-refractivity contribution >= 4 is 33.4 Å². The summed E-state index contributed by atoms with van der Waals surface area (Å²) in [4.78, 5) is 29.2. The number of para-hydroxylation sites is 1. The molecule has 0 bridgehead atoms. The van der Waals surface area contributed by atoms with Gasteiger partial charge in [-0.25, -0.2) is 9.18 Å². The monoisotopic (exact) mass is 372 g/mol. The van der Waals surface area contributed by atoms with Crippen molar-refractivity contribution in [1.82, 2.24) is 4.57 Å². The number of methoxy groups -OCH3 is 1. The van der Waals surface area contributed by atoms with Gasteiger partial charge in [-0.1, -0.05) is 36.5 Å². The predicted octanol–water partition coefficient (Wildman–Crippen LogP) is 3.71. The fourth-order valence-electron chi connectivity index (χ4n) is 2.73. The Labute approximate surface area is 153 Å². The van der Waals surface area contributed by atoms with Crippen LogP contribution in [-0.2, 0) is 9.53 Å². The number of amides is 1. The first-order valence-electron chi connectivity index (χ1n) is 8.07. The zero-order valence-electron chi connectivity index (χ0n) is 14.3. The Balaban J connectivity index is 2.20. The number of ether oxygens (including phenoxy) is 1.